The number of benzene rings is 3. The monoisotopic (exact) mass is 417 g/mol. The summed E-state index contributed by atoms with van der Waals surface area (Å²) in [4.78, 5) is 13.7. The molecule has 3 aromatic carbocycles. The number of methoxy groups -OCH3 is 1. The van der Waals surface area contributed by atoms with Gasteiger partial charge in [-0.1, -0.05) is 42.5 Å². The van der Waals surface area contributed by atoms with E-state index in [1.165, 1.54) is 23.3 Å². The maximum absolute atomic E-state index is 11.2. The molecule has 0 bridgehead atoms. The van der Waals surface area contributed by atoms with Crippen LogP contribution >= 0.6 is 0 Å². The fraction of sp³-hybridized carbons (Fsp3) is 0.280. The third-order valence-electron chi connectivity index (χ3n) is 5.43. The summed E-state index contributed by atoms with van der Waals surface area (Å²) in [6.45, 7) is 6.01. The van der Waals surface area contributed by atoms with Crippen LogP contribution in [0.3, 0.4) is 0 Å². The van der Waals surface area contributed by atoms with Gasteiger partial charge in [-0.15, -0.1) is 0 Å². The van der Waals surface area contributed by atoms with Gasteiger partial charge in [0.15, 0.2) is 11.5 Å². The van der Waals surface area contributed by atoms with Crippen LogP contribution in [0.15, 0.2) is 65.8 Å². The second kappa shape index (κ2) is 9.62. The van der Waals surface area contributed by atoms with Crippen molar-refractivity contribution in [3.05, 3.63) is 71.8 Å². The predicted octanol–water partition coefficient (Wildman–Crippen LogP) is 3.93. The Labute approximate surface area is 182 Å². The van der Waals surface area contributed by atoms with Gasteiger partial charge in [-0.2, -0.15) is 5.10 Å². The summed E-state index contributed by atoms with van der Waals surface area (Å²) in [5.74, 6) is 0.550. The van der Waals surface area contributed by atoms with Crippen molar-refractivity contribution in [2.45, 2.75) is 13.5 Å². The Bertz CT molecular complexity index is 1080. The average molecular weight is 418 g/mol. The maximum Gasteiger partial charge on any atom is 0.308 e. The number of carbonyl (C=O) groups is 1. The van der Waals surface area contributed by atoms with E-state index in [0.717, 1.165) is 38.3 Å². The molecule has 0 unspecified atom stereocenters. The summed E-state index contributed by atoms with van der Waals surface area (Å²) in [7, 11) is 1.55. The van der Waals surface area contributed by atoms with Crippen molar-refractivity contribution in [1.82, 2.24) is 9.91 Å². The Morgan fingerprint density at radius 2 is 1.77 bits per heavy atom. The molecule has 0 N–H and O–H groups in total. The fourth-order valence-corrected chi connectivity index (χ4v) is 3.83. The number of ether oxygens (including phenoxy) is 2. The normalized spacial score (nSPS) is 14.8. The van der Waals surface area contributed by atoms with Crippen LogP contribution in [0.2, 0.25) is 0 Å². The lowest BCUT2D eigenvalue weighted by Crippen LogP contribution is -2.43. The topological polar surface area (TPSA) is 54.4 Å². The minimum atomic E-state index is -0.374. The van der Waals surface area contributed by atoms with E-state index in [1.54, 1.807) is 13.2 Å². The molecule has 0 aromatic heterocycles. The molecule has 31 heavy (non-hydrogen) atoms. The Kier molecular flexibility index (Phi) is 6.48. The van der Waals surface area contributed by atoms with Gasteiger partial charge in [0.2, 0.25) is 0 Å². The van der Waals surface area contributed by atoms with E-state index in [2.05, 4.69) is 57.5 Å². The number of hydrogen-bond donors (Lipinski definition) is 0. The lowest BCUT2D eigenvalue weighted by molar-refractivity contribution is -0.132. The van der Waals surface area contributed by atoms with Crippen molar-refractivity contribution < 1.29 is 14.3 Å². The van der Waals surface area contributed by atoms with Crippen LogP contribution in [-0.4, -0.2) is 55.4 Å². The SMILES string of the molecule is COc1cc(C=NN2CCN(Cc3cccc4ccccc34)CC2)ccc1OC(C)=O. The molecule has 6 heteroatoms. The fourth-order valence-electron chi connectivity index (χ4n) is 3.83. The van der Waals surface area contributed by atoms with Gasteiger partial charge in [0.25, 0.3) is 0 Å². The summed E-state index contributed by atoms with van der Waals surface area (Å²) in [5.41, 5.74) is 2.26. The number of piperazine rings is 1. The molecule has 160 valence electrons. The highest BCUT2D eigenvalue weighted by molar-refractivity contribution is 5.85. The molecule has 1 saturated heterocycles. The number of fused-ring (bicyclic) bond motifs is 1. The first-order valence-electron chi connectivity index (χ1n) is 10.5. The van der Waals surface area contributed by atoms with Gasteiger partial charge in [-0.05, 0) is 40.1 Å². The molecule has 0 amide bonds. The van der Waals surface area contributed by atoms with E-state index in [4.69, 9.17) is 9.47 Å². The van der Waals surface area contributed by atoms with E-state index < -0.39 is 0 Å². The molecule has 0 atom stereocenters. The van der Waals surface area contributed by atoms with Gasteiger partial charge in [0.1, 0.15) is 0 Å². The van der Waals surface area contributed by atoms with Crippen LogP contribution < -0.4 is 9.47 Å². The summed E-state index contributed by atoms with van der Waals surface area (Å²) in [5, 5.41) is 9.34. The second-order valence-electron chi connectivity index (χ2n) is 7.62. The molecule has 0 spiro atoms. The second-order valence-corrected chi connectivity index (χ2v) is 7.62. The summed E-state index contributed by atoms with van der Waals surface area (Å²) in [6.07, 6.45) is 1.82. The quantitative estimate of drug-likeness (QED) is 0.346. The molecule has 1 fully saturated rings. The summed E-state index contributed by atoms with van der Waals surface area (Å²) < 4.78 is 10.5. The molecular formula is C25H27N3O3. The van der Waals surface area contributed by atoms with Crippen molar-refractivity contribution >= 4 is 23.0 Å². The first kappa shape index (κ1) is 20.9. The molecule has 0 saturated carbocycles. The highest BCUT2D eigenvalue weighted by Crippen LogP contribution is 2.27. The van der Waals surface area contributed by atoms with E-state index >= 15 is 0 Å². The Balaban J connectivity index is 1.35. The van der Waals surface area contributed by atoms with Gasteiger partial charge < -0.3 is 9.47 Å². The van der Waals surface area contributed by atoms with Crippen molar-refractivity contribution in [3.8, 4) is 11.5 Å². The molecule has 1 aliphatic heterocycles. The molecule has 3 aromatic rings. The smallest absolute Gasteiger partial charge is 0.308 e. The van der Waals surface area contributed by atoms with Crippen molar-refractivity contribution in [2.75, 3.05) is 33.3 Å². The van der Waals surface area contributed by atoms with E-state index in [0.29, 0.717) is 11.5 Å². The standard InChI is InChI=1S/C25H27N3O3/c1-19(29)31-24-11-10-20(16-25(24)30-2)17-26-28-14-12-27(13-15-28)18-22-8-5-7-21-6-3-4-9-23(21)22/h3-11,16-17H,12-15,18H2,1-2H3. The van der Waals surface area contributed by atoms with Crippen LogP contribution in [-0.2, 0) is 11.3 Å². The Morgan fingerprint density at radius 1 is 1.00 bits per heavy atom. The zero-order valence-corrected chi connectivity index (χ0v) is 18.0. The van der Waals surface area contributed by atoms with Crippen molar-refractivity contribution in [1.29, 1.82) is 0 Å². The van der Waals surface area contributed by atoms with Crippen LogP contribution in [0.4, 0.5) is 0 Å². The Morgan fingerprint density at radius 3 is 2.55 bits per heavy atom. The molecule has 1 heterocycles. The van der Waals surface area contributed by atoms with Crippen molar-refractivity contribution in [2.24, 2.45) is 5.10 Å². The average Bonchev–Trinajstić information content (AvgIpc) is 2.79. The van der Waals surface area contributed by atoms with Gasteiger partial charge in [0.05, 0.1) is 13.3 Å². The van der Waals surface area contributed by atoms with Crippen LogP contribution in [0, 0.1) is 0 Å². The third-order valence-corrected chi connectivity index (χ3v) is 5.43. The molecule has 6 nitrogen and oxygen atoms in total. The number of nitrogens with zero attached hydrogens (tertiary/aromatic N) is 3. The van der Waals surface area contributed by atoms with E-state index in [1.807, 2.05) is 18.3 Å². The van der Waals surface area contributed by atoms with Crippen LogP contribution in [0.1, 0.15) is 18.1 Å². The molecule has 0 radical (unpaired) electrons. The molecule has 0 aliphatic carbocycles. The molecule has 1 aliphatic rings. The molecular weight excluding hydrogens is 390 g/mol. The highest BCUT2D eigenvalue weighted by atomic mass is 16.6. The largest absolute Gasteiger partial charge is 0.493 e. The maximum atomic E-state index is 11.2. The van der Waals surface area contributed by atoms with E-state index in [9.17, 15) is 4.79 Å². The number of hydrazone groups is 1. The lowest BCUT2D eigenvalue weighted by atomic mass is 10.0. The minimum Gasteiger partial charge on any atom is -0.493 e. The number of hydrogen-bond acceptors (Lipinski definition) is 6. The van der Waals surface area contributed by atoms with Gasteiger partial charge >= 0.3 is 5.97 Å². The van der Waals surface area contributed by atoms with Gasteiger partial charge in [-0.25, -0.2) is 0 Å². The predicted molar refractivity (Wildman–Crippen MR) is 123 cm³/mol. The number of rotatable bonds is 6. The van der Waals surface area contributed by atoms with Crippen molar-refractivity contribution in [3.63, 3.8) is 0 Å². The number of carbonyl (C=O) groups excluding carboxylic acids is 1. The highest BCUT2D eigenvalue weighted by Gasteiger charge is 2.16. The minimum absolute atomic E-state index is 0.374. The first-order chi connectivity index (χ1) is 15.1. The zero-order valence-electron chi connectivity index (χ0n) is 18.0. The zero-order chi connectivity index (χ0) is 21.6. The lowest BCUT2D eigenvalue weighted by Gasteiger charge is -2.33. The summed E-state index contributed by atoms with van der Waals surface area (Å²) >= 11 is 0. The van der Waals surface area contributed by atoms with E-state index in [-0.39, 0.29) is 5.97 Å². The Hall–Kier alpha value is -3.38. The molecule has 4 rings (SSSR count). The first-order valence-corrected chi connectivity index (χ1v) is 10.5. The van der Waals surface area contributed by atoms with Gasteiger partial charge in [0, 0.05) is 39.6 Å². The van der Waals surface area contributed by atoms with Crippen LogP contribution in [0.5, 0.6) is 11.5 Å². The van der Waals surface area contributed by atoms with Crippen LogP contribution in [0.25, 0.3) is 10.8 Å². The third kappa shape index (κ3) is 5.22. The summed E-state index contributed by atoms with van der Waals surface area (Å²) in [6, 6.07) is 20.5. The number of esters is 1. The van der Waals surface area contributed by atoms with Gasteiger partial charge in [-0.3, -0.25) is 14.7 Å².